The first-order chi connectivity index (χ1) is 0. The van der Waals surface area contributed by atoms with Crippen LogP contribution in [0.2, 0.25) is 0 Å². The molecule has 0 bridgehead atoms. The molecule has 0 aromatic heterocycles. The van der Waals surface area contributed by atoms with Gasteiger partial charge in [-0.1, -0.05) is 0 Å². The van der Waals surface area contributed by atoms with E-state index in [0.29, 0.717) is 0 Å². The van der Waals surface area contributed by atoms with Gasteiger partial charge in [0.05, 0.1) is 0 Å². The van der Waals surface area contributed by atoms with Crippen LogP contribution >= 0.6 is 0 Å². The first-order valence-electron chi connectivity index (χ1n) is 0. The van der Waals surface area contributed by atoms with Gasteiger partial charge in [0.2, 0.25) is 0 Å². The average Bonchev–Trinajstić information content (AvgIpc) is 0. The first kappa shape index (κ1) is 192. The summed E-state index contributed by atoms with van der Waals surface area (Å²) in [7, 11) is 0. The van der Waals surface area contributed by atoms with Crippen LogP contribution < -0.4 is 18.9 Å². The molecular formula is H5F4LiZr. The Morgan fingerprint density at radius 1 is 0.667 bits per heavy atom. The predicted octanol–water partition coefficient (Wildman–Crippen LogP) is -2.28. The van der Waals surface area contributed by atoms with Crippen LogP contribution in [0.3, 0.4) is 0 Å². The summed E-state index contributed by atoms with van der Waals surface area (Å²) in [6.07, 6.45) is 0. The summed E-state index contributed by atoms with van der Waals surface area (Å²) in [6.45, 7) is 0. The van der Waals surface area contributed by atoms with Crippen molar-refractivity contribution in [3.05, 3.63) is 0 Å². The molecule has 0 aliphatic heterocycles. The van der Waals surface area contributed by atoms with E-state index in [-0.39, 0.29) is 65.3 Å². The molecule has 0 saturated carbocycles. The Balaban J connectivity index is 0. The quantitative estimate of drug-likeness (QED) is 0.290. The van der Waals surface area contributed by atoms with Crippen molar-refractivity contribution in [2.24, 2.45) is 0 Å². The van der Waals surface area contributed by atoms with Crippen molar-refractivity contribution < 1.29 is 65.3 Å². The third-order valence-corrected chi connectivity index (χ3v) is 0. The van der Waals surface area contributed by atoms with Gasteiger partial charge in [0, 0.05) is 26.2 Å². The van der Waals surface area contributed by atoms with Crippen LogP contribution in [0.4, 0.5) is 18.8 Å². The zero-order valence-electron chi connectivity index (χ0n) is 4.13. The summed E-state index contributed by atoms with van der Waals surface area (Å²) in [5.74, 6) is 0. The number of hydrogen-bond donors (Lipinski definition) is 0. The van der Waals surface area contributed by atoms with E-state index in [0.717, 1.165) is 0 Å². The molecule has 0 atom stereocenters. The second-order valence-corrected chi connectivity index (χ2v) is 0. The summed E-state index contributed by atoms with van der Waals surface area (Å²) in [5, 5.41) is 0. The normalized spacial score (nSPS) is 0. The largest absolute Gasteiger partial charge is 1.00 e. The van der Waals surface area contributed by atoms with Crippen LogP contribution in [0.1, 0.15) is 1.43 Å². The van der Waals surface area contributed by atoms with Crippen LogP contribution in [0.15, 0.2) is 0 Å². The average molecular weight is 179 g/mol. The van der Waals surface area contributed by atoms with Crippen LogP contribution in [-0.4, -0.2) is 0 Å². The van der Waals surface area contributed by atoms with E-state index < -0.39 is 0 Å². The Morgan fingerprint density at radius 3 is 0.667 bits per heavy atom. The summed E-state index contributed by atoms with van der Waals surface area (Å²) in [6, 6.07) is 0. The molecule has 0 unspecified atom stereocenters. The van der Waals surface area contributed by atoms with Crippen molar-refractivity contribution in [2.45, 2.75) is 0 Å². The maximum atomic E-state index is 0. The van der Waals surface area contributed by atoms with E-state index in [1.54, 1.807) is 0 Å². The van der Waals surface area contributed by atoms with Gasteiger partial charge in [-0.15, -0.1) is 0 Å². The molecule has 0 amide bonds. The fraction of sp³-hybridized carbons (Fsp3) is 0. The van der Waals surface area contributed by atoms with Crippen molar-refractivity contribution in [3.63, 3.8) is 0 Å². The van der Waals surface area contributed by atoms with Crippen molar-refractivity contribution in [1.29, 1.82) is 0 Å². The van der Waals surface area contributed by atoms with Gasteiger partial charge in [0.1, 0.15) is 0 Å². The van der Waals surface area contributed by atoms with Gasteiger partial charge in [-0.05, 0) is 0 Å². The Morgan fingerprint density at radius 2 is 0.667 bits per heavy atom. The van der Waals surface area contributed by atoms with E-state index in [1.807, 2.05) is 0 Å². The van der Waals surface area contributed by atoms with E-state index in [1.165, 1.54) is 0 Å². The Kier molecular flexibility index (Phi) is 3720. The van der Waals surface area contributed by atoms with E-state index in [2.05, 4.69) is 0 Å². The van der Waals surface area contributed by atoms with Crippen LogP contribution in [0.25, 0.3) is 0 Å². The predicted molar refractivity (Wildman–Crippen MR) is 11.1 cm³/mol. The minimum atomic E-state index is 0. The van der Waals surface area contributed by atoms with Crippen LogP contribution in [0.5, 0.6) is 0 Å². The van der Waals surface area contributed by atoms with Crippen molar-refractivity contribution in [1.82, 2.24) is 0 Å². The summed E-state index contributed by atoms with van der Waals surface area (Å²) < 4.78 is 0. The zero-order chi connectivity index (χ0) is 0. The molecule has 0 heterocycles. The molecule has 0 aromatic carbocycles. The minimum absolute atomic E-state index is 0. The molecule has 6 heavy (non-hydrogen) atoms. The molecule has 0 aliphatic carbocycles. The van der Waals surface area contributed by atoms with Gasteiger partial charge >= 0.3 is 18.9 Å². The molecule has 0 radical (unpaired) electrons. The van der Waals surface area contributed by atoms with E-state index in [9.17, 15) is 0 Å². The molecule has 0 nitrogen and oxygen atoms in total. The number of halogens is 4. The standard InChI is InChI=1S/4FH.Li.Zr.H/h4*1H;;;/q;;;;+1;;-1. The van der Waals surface area contributed by atoms with Crippen molar-refractivity contribution >= 4 is 0 Å². The summed E-state index contributed by atoms with van der Waals surface area (Å²) in [5.41, 5.74) is 0. The second-order valence-electron chi connectivity index (χ2n) is 0. The van der Waals surface area contributed by atoms with Gasteiger partial charge in [-0.2, -0.15) is 0 Å². The van der Waals surface area contributed by atoms with Gasteiger partial charge in [0.25, 0.3) is 0 Å². The molecule has 0 spiro atoms. The molecular weight excluding hydrogens is 174 g/mol. The third kappa shape index (κ3) is 63.7. The topological polar surface area (TPSA) is 0 Å². The van der Waals surface area contributed by atoms with Gasteiger partial charge in [-0.3, -0.25) is 18.8 Å². The van der Waals surface area contributed by atoms with Gasteiger partial charge < -0.3 is 1.43 Å². The Bertz CT molecular complexity index is 11.7. The fourth-order valence-electron chi connectivity index (χ4n) is 0. The second kappa shape index (κ2) is 116. The van der Waals surface area contributed by atoms with Crippen LogP contribution in [0, 0.1) is 0 Å². The molecule has 0 aliphatic rings. The van der Waals surface area contributed by atoms with Crippen molar-refractivity contribution in [3.8, 4) is 0 Å². The molecule has 0 rings (SSSR count). The van der Waals surface area contributed by atoms with Gasteiger partial charge in [-0.25, -0.2) is 0 Å². The maximum Gasteiger partial charge on any atom is 1.00 e. The molecule has 0 aromatic rings. The monoisotopic (exact) mass is 178 g/mol. The maximum absolute atomic E-state index is 0. The number of hydrogen-bond acceptors (Lipinski definition) is 0. The molecule has 0 fully saturated rings. The minimum Gasteiger partial charge on any atom is -1.00 e. The number of rotatable bonds is 0. The Hall–Kier alpha value is 1.20. The smallest absolute Gasteiger partial charge is 1.00 e. The van der Waals surface area contributed by atoms with E-state index >= 15 is 0 Å². The van der Waals surface area contributed by atoms with Crippen LogP contribution in [-0.2, 0) is 26.2 Å². The van der Waals surface area contributed by atoms with Crippen molar-refractivity contribution in [2.75, 3.05) is 0 Å². The zero-order valence-corrected chi connectivity index (χ0v) is 5.59. The third-order valence-electron chi connectivity index (χ3n) is 0. The summed E-state index contributed by atoms with van der Waals surface area (Å²) in [4.78, 5) is 0. The SMILES string of the molecule is F.F.F.F.[H-].[Li+].[Zr]. The summed E-state index contributed by atoms with van der Waals surface area (Å²) >= 11 is 0. The molecule has 0 N–H and O–H groups in total. The molecule has 6 heteroatoms. The molecule has 38 valence electrons. The Labute approximate surface area is 65.3 Å². The van der Waals surface area contributed by atoms with E-state index in [4.69, 9.17) is 0 Å². The molecule has 0 saturated heterocycles. The van der Waals surface area contributed by atoms with Gasteiger partial charge in [0.15, 0.2) is 0 Å². The fourth-order valence-corrected chi connectivity index (χ4v) is 0. The first-order valence-corrected chi connectivity index (χ1v) is 0.